The maximum atomic E-state index is 11.7. The van der Waals surface area contributed by atoms with Crippen molar-refractivity contribution >= 4 is 11.7 Å². The van der Waals surface area contributed by atoms with Crippen LogP contribution in [-0.2, 0) is 6.54 Å². The fraction of sp³-hybridized carbons (Fsp3) is 0.562. The first-order valence-corrected chi connectivity index (χ1v) is 7.22. The van der Waals surface area contributed by atoms with Crippen molar-refractivity contribution in [2.24, 2.45) is 5.92 Å². The second-order valence-electron chi connectivity index (χ2n) is 6.11. The molecule has 2 amide bonds. The van der Waals surface area contributed by atoms with E-state index in [1.165, 1.54) is 0 Å². The monoisotopic (exact) mass is 293 g/mol. The van der Waals surface area contributed by atoms with Gasteiger partial charge in [-0.25, -0.2) is 4.79 Å². The molecular formula is C16H27N3O2. The van der Waals surface area contributed by atoms with E-state index in [0.717, 1.165) is 11.3 Å². The summed E-state index contributed by atoms with van der Waals surface area (Å²) in [6.45, 7) is 6.26. The molecule has 5 heteroatoms. The molecule has 0 aliphatic carbocycles. The van der Waals surface area contributed by atoms with Crippen molar-refractivity contribution in [1.82, 2.24) is 10.6 Å². The lowest BCUT2D eigenvalue weighted by atomic mass is 9.93. The van der Waals surface area contributed by atoms with Crippen molar-refractivity contribution in [2.75, 3.05) is 25.5 Å². The minimum absolute atomic E-state index is 0.0800. The van der Waals surface area contributed by atoms with Gasteiger partial charge in [0, 0.05) is 32.9 Å². The van der Waals surface area contributed by atoms with Gasteiger partial charge in [0.05, 0.1) is 5.60 Å². The van der Waals surface area contributed by atoms with Crippen molar-refractivity contribution in [1.29, 1.82) is 0 Å². The number of aliphatic hydroxyl groups is 1. The van der Waals surface area contributed by atoms with E-state index in [4.69, 9.17) is 0 Å². The summed E-state index contributed by atoms with van der Waals surface area (Å²) in [6, 6.07) is 7.73. The van der Waals surface area contributed by atoms with Crippen LogP contribution in [0.2, 0.25) is 0 Å². The molecule has 0 aliphatic heterocycles. The Morgan fingerprint density at radius 1 is 1.24 bits per heavy atom. The molecule has 0 fully saturated rings. The molecule has 0 heterocycles. The maximum Gasteiger partial charge on any atom is 0.315 e. The first-order valence-electron chi connectivity index (χ1n) is 7.22. The number of hydrogen-bond acceptors (Lipinski definition) is 3. The van der Waals surface area contributed by atoms with Crippen LogP contribution in [0.4, 0.5) is 10.5 Å². The van der Waals surface area contributed by atoms with Gasteiger partial charge in [-0.15, -0.1) is 0 Å². The lowest BCUT2D eigenvalue weighted by Gasteiger charge is -2.27. The Labute approximate surface area is 127 Å². The number of carbonyl (C=O) groups excluding carboxylic acids is 1. The summed E-state index contributed by atoms with van der Waals surface area (Å²) in [5.74, 6) is 0.0800. The van der Waals surface area contributed by atoms with Crippen LogP contribution in [0.5, 0.6) is 0 Å². The first kappa shape index (κ1) is 17.3. The number of nitrogens with zero attached hydrogens (tertiary/aromatic N) is 1. The molecule has 5 nitrogen and oxygen atoms in total. The molecule has 118 valence electrons. The molecule has 1 aromatic carbocycles. The molecule has 1 aromatic rings. The average Bonchev–Trinajstić information content (AvgIpc) is 2.43. The average molecular weight is 293 g/mol. The van der Waals surface area contributed by atoms with Gasteiger partial charge in [-0.3, -0.25) is 0 Å². The Kier molecular flexibility index (Phi) is 6.03. The maximum absolute atomic E-state index is 11.7. The minimum atomic E-state index is -0.898. The molecule has 1 rings (SSSR count). The third-order valence-corrected chi connectivity index (χ3v) is 3.76. The summed E-state index contributed by atoms with van der Waals surface area (Å²) in [5, 5.41) is 15.5. The molecule has 3 N–H and O–H groups in total. The zero-order valence-corrected chi connectivity index (χ0v) is 13.6. The van der Waals surface area contributed by atoms with Gasteiger partial charge in [0.1, 0.15) is 0 Å². The largest absolute Gasteiger partial charge is 0.388 e. The van der Waals surface area contributed by atoms with Gasteiger partial charge in [0.15, 0.2) is 0 Å². The Morgan fingerprint density at radius 2 is 1.81 bits per heavy atom. The third-order valence-electron chi connectivity index (χ3n) is 3.76. The second-order valence-corrected chi connectivity index (χ2v) is 6.11. The summed E-state index contributed by atoms with van der Waals surface area (Å²) in [5.41, 5.74) is 1.26. The standard InChI is InChI=1S/C16H27N3O2/c1-12(2)16(3,21)11-18-15(20)17-10-13-6-8-14(9-7-13)19(4)5/h6-9,12,21H,10-11H2,1-5H3,(H2,17,18,20). The van der Waals surface area contributed by atoms with Gasteiger partial charge in [0.2, 0.25) is 0 Å². The van der Waals surface area contributed by atoms with E-state index in [1.54, 1.807) is 6.92 Å². The first-order chi connectivity index (χ1) is 9.72. The number of nitrogens with one attached hydrogen (secondary N) is 2. The Balaban J connectivity index is 2.39. The Bertz CT molecular complexity index is 453. The predicted octanol–water partition coefficient (Wildman–Crippen LogP) is 1.96. The normalized spacial score (nSPS) is 13.7. The molecule has 0 saturated heterocycles. The Hall–Kier alpha value is -1.75. The van der Waals surface area contributed by atoms with Crippen LogP contribution in [0.1, 0.15) is 26.3 Å². The molecule has 0 spiro atoms. The van der Waals surface area contributed by atoms with Crippen LogP contribution < -0.4 is 15.5 Å². The fourth-order valence-corrected chi connectivity index (χ4v) is 1.62. The van der Waals surface area contributed by atoms with E-state index in [1.807, 2.05) is 57.1 Å². The van der Waals surface area contributed by atoms with Crippen LogP contribution in [0.25, 0.3) is 0 Å². The van der Waals surface area contributed by atoms with Gasteiger partial charge in [-0.05, 0) is 30.5 Å². The number of amides is 2. The van der Waals surface area contributed by atoms with Crippen molar-refractivity contribution in [3.8, 4) is 0 Å². The summed E-state index contributed by atoms with van der Waals surface area (Å²) in [4.78, 5) is 13.7. The van der Waals surface area contributed by atoms with Crippen LogP contribution in [0.15, 0.2) is 24.3 Å². The van der Waals surface area contributed by atoms with Crippen molar-refractivity contribution in [3.63, 3.8) is 0 Å². The molecule has 0 aromatic heterocycles. The molecule has 0 radical (unpaired) electrons. The van der Waals surface area contributed by atoms with E-state index in [-0.39, 0.29) is 18.5 Å². The van der Waals surface area contributed by atoms with Crippen molar-refractivity contribution in [3.05, 3.63) is 29.8 Å². The molecule has 21 heavy (non-hydrogen) atoms. The van der Waals surface area contributed by atoms with Gasteiger partial charge in [0.25, 0.3) is 0 Å². The highest BCUT2D eigenvalue weighted by Crippen LogP contribution is 2.14. The lowest BCUT2D eigenvalue weighted by molar-refractivity contribution is 0.0166. The van der Waals surface area contributed by atoms with Gasteiger partial charge >= 0.3 is 6.03 Å². The molecule has 0 aliphatic rings. The van der Waals surface area contributed by atoms with Gasteiger partial charge in [-0.2, -0.15) is 0 Å². The highest BCUT2D eigenvalue weighted by atomic mass is 16.3. The topological polar surface area (TPSA) is 64.6 Å². The second kappa shape index (κ2) is 7.31. The number of benzene rings is 1. The number of rotatable bonds is 6. The quantitative estimate of drug-likeness (QED) is 0.751. The van der Waals surface area contributed by atoms with Crippen LogP contribution in [-0.4, -0.2) is 37.4 Å². The van der Waals surface area contributed by atoms with E-state index >= 15 is 0 Å². The summed E-state index contributed by atoms with van der Waals surface area (Å²) < 4.78 is 0. The van der Waals surface area contributed by atoms with Crippen LogP contribution in [0.3, 0.4) is 0 Å². The van der Waals surface area contributed by atoms with E-state index in [0.29, 0.717) is 6.54 Å². The van der Waals surface area contributed by atoms with E-state index < -0.39 is 5.60 Å². The van der Waals surface area contributed by atoms with Crippen LogP contribution >= 0.6 is 0 Å². The number of carbonyl (C=O) groups is 1. The molecule has 1 unspecified atom stereocenters. The highest BCUT2D eigenvalue weighted by Gasteiger charge is 2.25. The predicted molar refractivity (Wildman–Crippen MR) is 86.5 cm³/mol. The van der Waals surface area contributed by atoms with Crippen LogP contribution in [0, 0.1) is 5.92 Å². The summed E-state index contributed by atoms with van der Waals surface area (Å²) in [6.07, 6.45) is 0. The SMILES string of the molecule is CC(C)C(C)(O)CNC(=O)NCc1ccc(N(C)C)cc1. The minimum Gasteiger partial charge on any atom is -0.388 e. The van der Waals surface area contributed by atoms with Crippen molar-refractivity contribution < 1.29 is 9.90 Å². The van der Waals surface area contributed by atoms with E-state index in [9.17, 15) is 9.90 Å². The van der Waals surface area contributed by atoms with Gasteiger partial charge in [-0.1, -0.05) is 26.0 Å². The van der Waals surface area contributed by atoms with Gasteiger partial charge < -0.3 is 20.6 Å². The molecule has 0 bridgehead atoms. The zero-order valence-electron chi connectivity index (χ0n) is 13.6. The van der Waals surface area contributed by atoms with Crippen molar-refractivity contribution in [2.45, 2.75) is 32.9 Å². The number of anilines is 1. The summed E-state index contributed by atoms with van der Waals surface area (Å²) in [7, 11) is 3.97. The zero-order chi connectivity index (χ0) is 16.0. The highest BCUT2D eigenvalue weighted by molar-refractivity contribution is 5.73. The number of urea groups is 1. The fourth-order valence-electron chi connectivity index (χ4n) is 1.62. The number of hydrogen-bond donors (Lipinski definition) is 3. The summed E-state index contributed by atoms with van der Waals surface area (Å²) >= 11 is 0. The Morgan fingerprint density at radius 3 is 2.29 bits per heavy atom. The lowest BCUT2D eigenvalue weighted by Crippen LogP contribution is -2.47. The smallest absolute Gasteiger partial charge is 0.315 e. The third kappa shape index (κ3) is 5.63. The molecule has 0 saturated carbocycles. The van der Waals surface area contributed by atoms with E-state index in [2.05, 4.69) is 10.6 Å². The molecule has 1 atom stereocenters. The molecular weight excluding hydrogens is 266 g/mol.